The van der Waals surface area contributed by atoms with Gasteiger partial charge < -0.3 is 5.32 Å². The minimum absolute atomic E-state index is 0.184. The van der Waals surface area contributed by atoms with Crippen molar-refractivity contribution < 1.29 is 8.78 Å². The topological polar surface area (TPSA) is 24.9 Å². The number of halogens is 2. The van der Waals surface area contributed by atoms with Gasteiger partial charge in [-0.25, -0.2) is 13.8 Å². The van der Waals surface area contributed by atoms with Crippen molar-refractivity contribution in [3.05, 3.63) is 47.5 Å². The highest BCUT2D eigenvalue weighted by Gasteiger charge is 2.13. The summed E-state index contributed by atoms with van der Waals surface area (Å²) < 4.78 is 27.5. The van der Waals surface area contributed by atoms with Crippen LogP contribution in [0.3, 0.4) is 0 Å². The highest BCUT2D eigenvalue weighted by molar-refractivity contribution is 5.62. The fourth-order valence-corrected chi connectivity index (χ4v) is 1.78. The van der Waals surface area contributed by atoms with E-state index in [2.05, 4.69) is 10.3 Å². The molecule has 0 saturated heterocycles. The molecular formula is C15H16F2N2. The Morgan fingerprint density at radius 3 is 2.63 bits per heavy atom. The number of anilines is 1. The van der Waals surface area contributed by atoms with E-state index in [0.717, 1.165) is 13.0 Å². The normalized spacial score (nSPS) is 10.5. The molecule has 0 bridgehead atoms. The summed E-state index contributed by atoms with van der Waals surface area (Å²) >= 11 is 0. The molecule has 1 heterocycles. The van der Waals surface area contributed by atoms with Crippen LogP contribution in [0.25, 0.3) is 11.3 Å². The second kappa shape index (κ2) is 5.78. The molecule has 0 atom stereocenters. The van der Waals surface area contributed by atoms with Gasteiger partial charge in [0.15, 0.2) is 11.6 Å². The number of aromatic nitrogens is 1. The van der Waals surface area contributed by atoms with E-state index in [4.69, 9.17) is 0 Å². The average molecular weight is 262 g/mol. The molecule has 1 aromatic heterocycles. The molecule has 0 radical (unpaired) electrons. The van der Waals surface area contributed by atoms with Gasteiger partial charge in [-0.2, -0.15) is 0 Å². The fourth-order valence-electron chi connectivity index (χ4n) is 1.78. The third kappa shape index (κ3) is 2.89. The first-order valence-corrected chi connectivity index (χ1v) is 6.29. The van der Waals surface area contributed by atoms with Crippen LogP contribution in [0.1, 0.15) is 18.9 Å². The van der Waals surface area contributed by atoms with Crippen LogP contribution < -0.4 is 5.32 Å². The molecule has 2 rings (SSSR count). The number of rotatable bonds is 4. The Balaban J connectivity index is 2.39. The van der Waals surface area contributed by atoms with Crippen molar-refractivity contribution in [1.29, 1.82) is 0 Å². The zero-order valence-corrected chi connectivity index (χ0v) is 11.0. The van der Waals surface area contributed by atoms with Crippen molar-refractivity contribution in [2.24, 2.45) is 0 Å². The minimum Gasteiger partial charge on any atom is -0.370 e. The summed E-state index contributed by atoms with van der Waals surface area (Å²) in [7, 11) is 0. The van der Waals surface area contributed by atoms with Crippen LogP contribution >= 0.6 is 0 Å². The lowest BCUT2D eigenvalue weighted by atomic mass is 10.1. The molecular weight excluding hydrogens is 246 g/mol. The number of aryl methyl sites for hydroxylation is 1. The first-order valence-electron chi connectivity index (χ1n) is 6.29. The molecule has 2 aromatic rings. The van der Waals surface area contributed by atoms with Crippen molar-refractivity contribution >= 4 is 5.82 Å². The largest absolute Gasteiger partial charge is 0.370 e. The molecule has 0 amide bonds. The molecule has 100 valence electrons. The standard InChI is InChI=1S/C15H16F2N2/c1-3-9-18-13-6-4-5-12(19-13)11-8-7-10(2)14(16)15(11)17/h4-8H,3,9H2,1-2H3,(H,18,19). The quantitative estimate of drug-likeness (QED) is 0.895. The molecule has 2 nitrogen and oxygen atoms in total. The van der Waals surface area contributed by atoms with Gasteiger partial charge in [-0.15, -0.1) is 0 Å². The Morgan fingerprint density at radius 1 is 1.11 bits per heavy atom. The van der Waals surface area contributed by atoms with Gasteiger partial charge >= 0.3 is 0 Å². The van der Waals surface area contributed by atoms with Gasteiger partial charge in [0.2, 0.25) is 0 Å². The third-order valence-electron chi connectivity index (χ3n) is 2.86. The first kappa shape index (κ1) is 13.5. The molecule has 0 aliphatic heterocycles. The van der Waals surface area contributed by atoms with E-state index in [1.54, 1.807) is 24.3 Å². The third-order valence-corrected chi connectivity index (χ3v) is 2.86. The van der Waals surface area contributed by atoms with Crippen molar-refractivity contribution in [2.75, 3.05) is 11.9 Å². The second-order valence-corrected chi connectivity index (χ2v) is 4.39. The number of hydrogen-bond donors (Lipinski definition) is 1. The molecule has 1 N–H and O–H groups in total. The van der Waals surface area contributed by atoms with Crippen LogP contribution in [0.15, 0.2) is 30.3 Å². The van der Waals surface area contributed by atoms with Crippen molar-refractivity contribution in [1.82, 2.24) is 4.98 Å². The Kier molecular flexibility index (Phi) is 4.10. The lowest BCUT2D eigenvalue weighted by molar-refractivity contribution is 0.505. The van der Waals surface area contributed by atoms with E-state index in [1.165, 1.54) is 6.92 Å². The van der Waals surface area contributed by atoms with Gasteiger partial charge in [-0.1, -0.05) is 19.1 Å². The van der Waals surface area contributed by atoms with E-state index in [9.17, 15) is 8.78 Å². The Bertz CT molecular complexity index is 582. The minimum atomic E-state index is -0.847. The van der Waals surface area contributed by atoms with Crippen molar-refractivity contribution in [2.45, 2.75) is 20.3 Å². The summed E-state index contributed by atoms with van der Waals surface area (Å²) in [6, 6.07) is 8.37. The summed E-state index contributed by atoms with van der Waals surface area (Å²) in [5.74, 6) is -0.994. The van der Waals surface area contributed by atoms with E-state index < -0.39 is 11.6 Å². The molecule has 1 aromatic carbocycles. The zero-order chi connectivity index (χ0) is 13.8. The Labute approximate surface area is 111 Å². The van der Waals surface area contributed by atoms with Gasteiger partial charge in [0.1, 0.15) is 5.82 Å². The lowest BCUT2D eigenvalue weighted by Gasteiger charge is -2.08. The predicted octanol–water partition coefficient (Wildman–Crippen LogP) is 4.16. The first-order chi connectivity index (χ1) is 9.13. The average Bonchev–Trinajstić information content (AvgIpc) is 2.43. The molecule has 4 heteroatoms. The van der Waals surface area contributed by atoms with Gasteiger partial charge in [0, 0.05) is 12.1 Å². The number of benzene rings is 1. The lowest BCUT2D eigenvalue weighted by Crippen LogP contribution is -2.02. The van der Waals surface area contributed by atoms with E-state index in [-0.39, 0.29) is 5.56 Å². The number of nitrogens with zero attached hydrogens (tertiary/aromatic N) is 1. The van der Waals surface area contributed by atoms with E-state index >= 15 is 0 Å². The van der Waals surface area contributed by atoms with Crippen LogP contribution in [0.2, 0.25) is 0 Å². The van der Waals surface area contributed by atoms with Gasteiger partial charge in [-0.3, -0.25) is 0 Å². The SMILES string of the molecule is CCCNc1cccc(-c2ccc(C)c(F)c2F)n1. The number of nitrogens with one attached hydrogen (secondary N) is 1. The second-order valence-electron chi connectivity index (χ2n) is 4.39. The van der Waals surface area contributed by atoms with Crippen LogP contribution in [0.4, 0.5) is 14.6 Å². The summed E-state index contributed by atoms with van der Waals surface area (Å²) in [6.45, 7) is 4.38. The Hall–Kier alpha value is -1.97. The number of hydrogen-bond acceptors (Lipinski definition) is 2. The molecule has 0 fully saturated rings. The van der Waals surface area contributed by atoms with E-state index in [1.807, 2.05) is 13.0 Å². The highest BCUT2D eigenvalue weighted by atomic mass is 19.2. The summed E-state index contributed by atoms with van der Waals surface area (Å²) in [4.78, 5) is 4.29. The zero-order valence-electron chi connectivity index (χ0n) is 11.0. The summed E-state index contributed by atoms with van der Waals surface area (Å²) in [5, 5.41) is 3.12. The van der Waals surface area contributed by atoms with Crippen molar-refractivity contribution in [3.8, 4) is 11.3 Å². The number of pyridine rings is 1. The maximum atomic E-state index is 13.9. The molecule has 19 heavy (non-hydrogen) atoms. The van der Waals surface area contributed by atoms with Crippen LogP contribution in [-0.2, 0) is 0 Å². The summed E-state index contributed by atoms with van der Waals surface area (Å²) in [5.41, 5.74) is 0.905. The van der Waals surface area contributed by atoms with Gasteiger partial charge in [-0.05, 0) is 37.1 Å². The molecule has 0 aliphatic carbocycles. The smallest absolute Gasteiger partial charge is 0.168 e. The summed E-state index contributed by atoms with van der Waals surface area (Å²) in [6.07, 6.45) is 0.972. The molecule has 0 spiro atoms. The highest BCUT2D eigenvalue weighted by Crippen LogP contribution is 2.25. The van der Waals surface area contributed by atoms with Crippen LogP contribution in [0, 0.1) is 18.6 Å². The maximum absolute atomic E-state index is 13.9. The van der Waals surface area contributed by atoms with E-state index in [0.29, 0.717) is 17.1 Å². The maximum Gasteiger partial charge on any atom is 0.168 e. The molecule has 0 aliphatic rings. The monoisotopic (exact) mass is 262 g/mol. The van der Waals surface area contributed by atoms with Gasteiger partial charge in [0.25, 0.3) is 0 Å². The molecule has 0 unspecified atom stereocenters. The van der Waals surface area contributed by atoms with Gasteiger partial charge in [0.05, 0.1) is 5.69 Å². The fraction of sp³-hybridized carbons (Fsp3) is 0.267. The van der Waals surface area contributed by atoms with Crippen molar-refractivity contribution in [3.63, 3.8) is 0 Å². The van der Waals surface area contributed by atoms with Crippen LogP contribution in [0.5, 0.6) is 0 Å². The Morgan fingerprint density at radius 2 is 1.89 bits per heavy atom. The molecule has 0 saturated carbocycles. The van der Waals surface area contributed by atoms with Crippen LogP contribution in [-0.4, -0.2) is 11.5 Å². The predicted molar refractivity (Wildman–Crippen MR) is 73.1 cm³/mol.